The normalized spacial score (nSPS) is 16.3. The van der Waals surface area contributed by atoms with E-state index in [0.29, 0.717) is 29.5 Å². The predicted octanol–water partition coefficient (Wildman–Crippen LogP) is 5.04. The molecule has 0 N–H and O–H groups in total. The third-order valence-corrected chi connectivity index (χ3v) is 8.10. The van der Waals surface area contributed by atoms with Gasteiger partial charge in [0.25, 0.3) is 10.0 Å². The monoisotopic (exact) mass is 526 g/mol. The number of ether oxygens (including phenoxy) is 1. The van der Waals surface area contributed by atoms with E-state index < -0.39 is 27.7 Å². The summed E-state index contributed by atoms with van der Waals surface area (Å²) in [6.45, 7) is 0.421. The van der Waals surface area contributed by atoms with Crippen molar-refractivity contribution in [3.05, 3.63) is 89.8 Å². The lowest BCUT2D eigenvalue weighted by Crippen LogP contribution is -2.40. The van der Waals surface area contributed by atoms with Crippen molar-refractivity contribution in [2.45, 2.75) is 43.4 Å². The van der Waals surface area contributed by atoms with Crippen molar-refractivity contribution >= 4 is 26.8 Å². The molecule has 3 heterocycles. The van der Waals surface area contributed by atoms with Crippen LogP contribution in [0.4, 0.5) is 8.78 Å². The second-order valence-electron chi connectivity index (χ2n) is 8.93. The number of carbonyl (C=O) groups is 1. The van der Waals surface area contributed by atoms with Crippen molar-refractivity contribution in [2.75, 3.05) is 6.54 Å². The van der Waals surface area contributed by atoms with Crippen LogP contribution < -0.4 is 4.74 Å². The summed E-state index contributed by atoms with van der Waals surface area (Å²) < 4.78 is 66.6. The van der Waals surface area contributed by atoms with Crippen molar-refractivity contribution in [1.82, 2.24) is 9.29 Å². The SMILES string of the molecule is O=C(CCc1cc(F)cc(OCc2ccncc2)c1)C1CCCN1S(=O)(=O)c1cc2cc(F)ccc2o1. The highest BCUT2D eigenvalue weighted by atomic mass is 32.2. The highest BCUT2D eigenvalue weighted by molar-refractivity contribution is 7.89. The minimum atomic E-state index is -4.10. The molecule has 1 aliphatic heterocycles. The van der Waals surface area contributed by atoms with Gasteiger partial charge in [0.05, 0.1) is 6.04 Å². The molecule has 0 bridgehead atoms. The Morgan fingerprint density at radius 1 is 1.03 bits per heavy atom. The van der Waals surface area contributed by atoms with Crippen LogP contribution in [0.25, 0.3) is 11.0 Å². The number of nitrogens with zero attached hydrogens (tertiary/aromatic N) is 2. The Balaban J connectivity index is 1.26. The molecule has 0 radical (unpaired) electrons. The Bertz CT molecular complexity index is 1540. The Morgan fingerprint density at radius 2 is 1.84 bits per heavy atom. The average molecular weight is 527 g/mol. The molecule has 37 heavy (non-hydrogen) atoms. The number of fused-ring (bicyclic) bond motifs is 1. The van der Waals surface area contributed by atoms with E-state index in [2.05, 4.69) is 4.98 Å². The van der Waals surface area contributed by atoms with Gasteiger partial charge in [0.15, 0.2) is 5.78 Å². The fourth-order valence-corrected chi connectivity index (χ4v) is 6.14. The van der Waals surface area contributed by atoms with Crippen molar-refractivity contribution in [2.24, 2.45) is 0 Å². The maximum absolute atomic E-state index is 14.2. The van der Waals surface area contributed by atoms with Gasteiger partial charge in [-0.3, -0.25) is 9.78 Å². The van der Waals surface area contributed by atoms with Gasteiger partial charge in [0, 0.05) is 42.9 Å². The molecule has 10 heteroatoms. The van der Waals surface area contributed by atoms with Crippen molar-refractivity contribution in [1.29, 1.82) is 0 Å². The number of furan rings is 1. The number of aromatic nitrogens is 1. The van der Waals surface area contributed by atoms with Crippen molar-refractivity contribution in [3.8, 4) is 5.75 Å². The molecule has 5 rings (SSSR count). The standard InChI is InChI=1S/C27H24F2N2O5S/c28-21-4-6-26-20(14-21)15-27(36-26)37(33,34)31-11-1-2-24(31)25(32)5-3-19-12-22(29)16-23(13-19)35-17-18-7-9-30-10-8-18/h4,6-10,12-16,24H,1-3,5,11,17H2. The highest BCUT2D eigenvalue weighted by Gasteiger charge is 2.40. The van der Waals surface area contributed by atoms with Crippen LogP contribution in [0, 0.1) is 11.6 Å². The molecule has 0 aliphatic carbocycles. The van der Waals surface area contributed by atoms with Gasteiger partial charge in [-0.1, -0.05) is 0 Å². The molecule has 4 aromatic rings. The zero-order chi connectivity index (χ0) is 26.0. The number of sulfonamides is 1. The highest BCUT2D eigenvalue weighted by Crippen LogP contribution is 2.31. The van der Waals surface area contributed by atoms with E-state index in [1.54, 1.807) is 30.6 Å². The lowest BCUT2D eigenvalue weighted by molar-refractivity contribution is -0.122. The van der Waals surface area contributed by atoms with E-state index >= 15 is 0 Å². The molecule has 0 saturated carbocycles. The number of carbonyl (C=O) groups excluding carboxylic acids is 1. The number of halogens is 2. The van der Waals surface area contributed by atoms with E-state index in [9.17, 15) is 22.0 Å². The van der Waals surface area contributed by atoms with Gasteiger partial charge in [-0.05, 0) is 72.9 Å². The van der Waals surface area contributed by atoms with Crippen LogP contribution in [0.3, 0.4) is 0 Å². The third kappa shape index (κ3) is 5.55. The summed E-state index contributed by atoms with van der Waals surface area (Å²) >= 11 is 0. The van der Waals surface area contributed by atoms with E-state index in [1.807, 2.05) is 0 Å². The molecule has 0 amide bonds. The summed E-state index contributed by atoms with van der Waals surface area (Å²) in [6, 6.07) is 12.1. The van der Waals surface area contributed by atoms with Crippen LogP contribution in [0.1, 0.15) is 30.4 Å². The Morgan fingerprint density at radius 3 is 2.65 bits per heavy atom. The minimum Gasteiger partial charge on any atom is -0.489 e. The first-order valence-corrected chi connectivity index (χ1v) is 13.3. The molecule has 7 nitrogen and oxygen atoms in total. The maximum Gasteiger partial charge on any atom is 0.277 e. The molecule has 0 spiro atoms. The summed E-state index contributed by atoms with van der Waals surface area (Å²) in [6.07, 6.45) is 4.46. The maximum atomic E-state index is 14.2. The van der Waals surface area contributed by atoms with Gasteiger partial charge in [0.1, 0.15) is 29.6 Å². The molecule has 1 fully saturated rings. The van der Waals surface area contributed by atoms with Gasteiger partial charge >= 0.3 is 0 Å². The van der Waals surface area contributed by atoms with Gasteiger partial charge in [-0.2, -0.15) is 4.31 Å². The van der Waals surface area contributed by atoms with E-state index in [1.165, 1.54) is 36.4 Å². The number of hydrogen-bond acceptors (Lipinski definition) is 6. The number of rotatable bonds is 9. The average Bonchev–Trinajstić information content (AvgIpc) is 3.55. The fourth-order valence-electron chi connectivity index (χ4n) is 4.51. The van der Waals surface area contributed by atoms with E-state index in [4.69, 9.17) is 9.15 Å². The molecule has 1 saturated heterocycles. The zero-order valence-corrected chi connectivity index (χ0v) is 20.6. The molecule has 1 aliphatic rings. The summed E-state index contributed by atoms with van der Waals surface area (Å²) in [4.78, 5) is 17.0. The van der Waals surface area contributed by atoms with Gasteiger partial charge in [0.2, 0.25) is 5.09 Å². The van der Waals surface area contributed by atoms with Gasteiger partial charge in [-0.25, -0.2) is 17.2 Å². The third-order valence-electron chi connectivity index (χ3n) is 6.34. The lowest BCUT2D eigenvalue weighted by Gasteiger charge is -2.21. The molecule has 2 aromatic carbocycles. The first-order chi connectivity index (χ1) is 17.8. The smallest absolute Gasteiger partial charge is 0.277 e. The molecular weight excluding hydrogens is 502 g/mol. The van der Waals surface area contributed by atoms with Crippen LogP contribution in [0.2, 0.25) is 0 Å². The number of benzene rings is 2. The molecule has 1 unspecified atom stereocenters. The topological polar surface area (TPSA) is 89.7 Å². The van der Waals surface area contributed by atoms with Gasteiger partial charge < -0.3 is 9.15 Å². The number of pyridine rings is 1. The number of aryl methyl sites for hydroxylation is 1. The second-order valence-corrected chi connectivity index (χ2v) is 10.7. The molecule has 2 aromatic heterocycles. The van der Waals surface area contributed by atoms with Crippen LogP contribution in [-0.2, 0) is 27.8 Å². The minimum absolute atomic E-state index is 0.0370. The van der Waals surface area contributed by atoms with Gasteiger partial charge in [-0.15, -0.1) is 0 Å². The predicted molar refractivity (Wildman–Crippen MR) is 131 cm³/mol. The fraction of sp³-hybridized carbons (Fsp3) is 0.259. The number of Topliss-reactive ketones (excluding diaryl/α,β-unsaturated/α-hetero) is 1. The zero-order valence-electron chi connectivity index (χ0n) is 19.8. The van der Waals surface area contributed by atoms with Crippen LogP contribution in [0.15, 0.2) is 76.5 Å². The Labute approximate surface area is 212 Å². The van der Waals surface area contributed by atoms with Crippen LogP contribution >= 0.6 is 0 Å². The van der Waals surface area contributed by atoms with E-state index in [0.717, 1.165) is 9.87 Å². The largest absolute Gasteiger partial charge is 0.489 e. The summed E-state index contributed by atoms with van der Waals surface area (Å²) in [5.74, 6) is -0.909. The summed E-state index contributed by atoms with van der Waals surface area (Å²) in [5.41, 5.74) is 1.70. The first kappa shape index (κ1) is 25.0. The van der Waals surface area contributed by atoms with Crippen LogP contribution in [-0.4, -0.2) is 36.1 Å². The Hall–Kier alpha value is -3.63. The second kappa shape index (κ2) is 10.4. The van der Waals surface area contributed by atoms with Crippen LogP contribution in [0.5, 0.6) is 5.75 Å². The first-order valence-electron chi connectivity index (χ1n) is 11.8. The quantitative estimate of drug-likeness (QED) is 0.304. The van der Waals surface area contributed by atoms with Crippen molar-refractivity contribution < 1.29 is 31.1 Å². The van der Waals surface area contributed by atoms with Crippen molar-refractivity contribution in [3.63, 3.8) is 0 Å². The molecule has 192 valence electrons. The molecular formula is C27H24F2N2O5S. The number of ketones is 1. The molecule has 1 atom stereocenters. The summed E-state index contributed by atoms with van der Waals surface area (Å²) in [5, 5.41) is 0.00243. The summed E-state index contributed by atoms with van der Waals surface area (Å²) in [7, 11) is -4.10. The Kier molecular flexibility index (Phi) is 7.03. The number of hydrogen-bond donors (Lipinski definition) is 0. The lowest BCUT2D eigenvalue weighted by atomic mass is 10.0. The van der Waals surface area contributed by atoms with E-state index in [-0.39, 0.29) is 42.5 Å².